The fourth-order valence-electron chi connectivity index (χ4n) is 2.62. The van der Waals surface area contributed by atoms with Crippen molar-refractivity contribution < 1.29 is 4.74 Å². The molecule has 0 aromatic carbocycles. The Kier molecular flexibility index (Phi) is 3.40. The first kappa shape index (κ1) is 14.6. The molecule has 0 aliphatic rings. The standard InChI is InChI=1S/C14H19N5O3/c1-5-22-7-6-18-12(20)10-11(17(4)14(18)21)15-13-16(3)9(2)8-19(10)13/h8H,5-7H2,1-4H3. The number of nitrogens with zero attached hydrogens (tertiary/aromatic N) is 5. The number of hydrogen-bond acceptors (Lipinski definition) is 4. The van der Waals surface area contributed by atoms with Gasteiger partial charge < -0.3 is 9.30 Å². The highest BCUT2D eigenvalue weighted by molar-refractivity contribution is 5.75. The zero-order valence-electron chi connectivity index (χ0n) is 13.2. The molecular formula is C14H19N5O3. The van der Waals surface area contributed by atoms with E-state index in [0.29, 0.717) is 30.2 Å². The van der Waals surface area contributed by atoms with Crippen molar-refractivity contribution in [3.63, 3.8) is 0 Å². The first-order valence-electron chi connectivity index (χ1n) is 7.19. The number of imidazole rings is 2. The van der Waals surface area contributed by atoms with Crippen LogP contribution >= 0.6 is 0 Å². The minimum atomic E-state index is -0.377. The van der Waals surface area contributed by atoms with E-state index >= 15 is 0 Å². The average molecular weight is 305 g/mol. The van der Waals surface area contributed by atoms with Gasteiger partial charge in [-0.1, -0.05) is 0 Å². The van der Waals surface area contributed by atoms with Crippen LogP contribution in [0.15, 0.2) is 15.8 Å². The van der Waals surface area contributed by atoms with Crippen LogP contribution in [0.3, 0.4) is 0 Å². The van der Waals surface area contributed by atoms with Crippen molar-refractivity contribution in [2.45, 2.75) is 20.4 Å². The van der Waals surface area contributed by atoms with Gasteiger partial charge in [-0.3, -0.25) is 18.3 Å². The largest absolute Gasteiger partial charge is 0.380 e. The molecule has 3 rings (SSSR count). The molecule has 118 valence electrons. The second-order valence-electron chi connectivity index (χ2n) is 5.28. The molecule has 0 aliphatic carbocycles. The maximum absolute atomic E-state index is 12.7. The molecule has 0 atom stereocenters. The third kappa shape index (κ3) is 1.91. The van der Waals surface area contributed by atoms with Gasteiger partial charge in [-0.05, 0) is 13.8 Å². The average Bonchev–Trinajstić information content (AvgIpc) is 2.98. The summed E-state index contributed by atoms with van der Waals surface area (Å²) in [4.78, 5) is 29.5. The summed E-state index contributed by atoms with van der Waals surface area (Å²) in [6.07, 6.45) is 1.85. The van der Waals surface area contributed by atoms with E-state index < -0.39 is 0 Å². The summed E-state index contributed by atoms with van der Waals surface area (Å²) in [5.41, 5.74) is 1.08. The van der Waals surface area contributed by atoms with Crippen LogP contribution in [0, 0.1) is 6.92 Å². The Hall–Kier alpha value is -2.35. The normalized spacial score (nSPS) is 11.8. The number of rotatable bonds is 4. The Balaban J connectivity index is 2.34. The smallest absolute Gasteiger partial charge is 0.332 e. The van der Waals surface area contributed by atoms with Crippen LogP contribution in [-0.4, -0.2) is 36.3 Å². The molecule has 22 heavy (non-hydrogen) atoms. The predicted octanol–water partition coefficient (Wildman–Crippen LogP) is 0.0313. The number of ether oxygens (including phenoxy) is 1. The summed E-state index contributed by atoms with van der Waals surface area (Å²) in [5, 5.41) is 0. The lowest BCUT2D eigenvalue weighted by Crippen LogP contribution is -2.40. The van der Waals surface area contributed by atoms with Crippen molar-refractivity contribution >= 4 is 16.9 Å². The maximum Gasteiger partial charge on any atom is 0.332 e. The summed E-state index contributed by atoms with van der Waals surface area (Å²) >= 11 is 0. The zero-order chi connectivity index (χ0) is 16.0. The highest BCUT2D eigenvalue weighted by atomic mass is 16.5. The molecule has 0 unspecified atom stereocenters. The number of hydrogen-bond donors (Lipinski definition) is 0. The van der Waals surface area contributed by atoms with Crippen molar-refractivity contribution in [3.05, 3.63) is 32.7 Å². The van der Waals surface area contributed by atoms with Crippen LogP contribution in [0.2, 0.25) is 0 Å². The topological polar surface area (TPSA) is 75.5 Å². The molecular weight excluding hydrogens is 286 g/mol. The Morgan fingerprint density at radius 3 is 2.64 bits per heavy atom. The molecule has 3 heterocycles. The first-order chi connectivity index (χ1) is 10.5. The molecule has 0 aliphatic heterocycles. The highest BCUT2D eigenvalue weighted by Crippen LogP contribution is 2.14. The first-order valence-corrected chi connectivity index (χ1v) is 7.19. The van der Waals surface area contributed by atoms with Crippen LogP contribution in [0.1, 0.15) is 12.6 Å². The zero-order valence-corrected chi connectivity index (χ0v) is 13.2. The van der Waals surface area contributed by atoms with Gasteiger partial charge in [0.1, 0.15) is 0 Å². The van der Waals surface area contributed by atoms with Gasteiger partial charge in [-0.25, -0.2) is 4.79 Å². The number of fused-ring (bicyclic) bond motifs is 3. The van der Waals surface area contributed by atoms with E-state index in [1.165, 1.54) is 9.13 Å². The third-order valence-electron chi connectivity index (χ3n) is 3.97. The van der Waals surface area contributed by atoms with Gasteiger partial charge >= 0.3 is 5.69 Å². The number of aromatic nitrogens is 5. The molecule has 0 N–H and O–H groups in total. The summed E-state index contributed by atoms with van der Waals surface area (Å²) in [6, 6.07) is 0. The van der Waals surface area contributed by atoms with E-state index in [2.05, 4.69) is 4.98 Å². The van der Waals surface area contributed by atoms with Gasteiger partial charge in [0.15, 0.2) is 11.2 Å². The van der Waals surface area contributed by atoms with Gasteiger partial charge in [0.25, 0.3) is 5.56 Å². The van der Waals surface area contributed by atoms with Gasteiger partial charge in [-0.15, -0.1) is 0 Å². The highest BCUT2D eigenvalue weighted by Gasteiger charge is 2.18. The third-order valence-corrected chi connectivity index (χ3v) is 3.97. The van der Waals surface area contributed by atoms with E-state index in [0.717, 1.165) is 5.69 Å². The predicted molar refractivity (Wildman–Crippen MR) is 82.4 cm³/mol. The monoisotopic (exact) mass is 305 g/mol. The van der Waals surface area contributed by atoms with Gasteiger partial charge in [-0.2, -0.15) is 4.98 Å². The second-order valence-corrected chi connectivity index (χ2v) is 5.28. The Bertz CT molecular complexity index is 973. The number of aryl methyl sites for hydroxylation is 3. The van der Waals surface area contributed by atoms with Gasteiger partial charge in [0, 0.05) is 32.6 Å². The van der Waals surface area contributed by atoms with Crippen LogP contribution in [0.5, 0.6) is 0 Å². The fourth-order valence-corrected chi connectivity index (χ4v) is 2.62. The molecule has 8 heteroatoms. The molecule has 3 aromatic heterocycles. The molecule has 0 saturated heterocycles. The van der Waals surface area contributed by atoms with Gasteiger partial charge in [0.2, 0.25) is 5.78 Å². The lowest BCUT2D eigenvalue weighted by molar-refractivity contribution is 0.137. The second kappa shape index (κ2) is 5.13. The molecule has 8 nitrogen and oxygen atoms in total. The lowest BCUT2D eigenvalue weighted by atomic mass is 10.4. The Morgan fingerprint density at radius 1 is 1.23 bits per heavy atom. The van der Waals surface area contributed by atoms with Crippen LogP contribution in [-0.2, 0) is 25.4 Å². The molecule has 0 radical (unpaired) electrons. The minimum absolute atomic E-state index is 0.230. The van der Waals surface area contributed by atoms with Crippen LogP contribution in [0.25, 0.3) is 16.9 Å². The van der Waals surface area contributed by atoms with E-state index in [4.69, 9.17) is 4.74 Å². The maximum atomic E-state index is 12.7. The molecule has 0 amide bonds. The van der Waals surface area contributed by atoms with Crippen molar-refractivity contribution in [1.29, 1.82) is 0 Å². The molecule has 0 fully saturated rings. The lowest BCUT2D eigenvalue weighted by Gasteiger charge is -2.07. The minimum Gasteiger partial charge on any atom is -0.380 e. The molecule has 3 aromatic rings. The van der Waals surface area contributed by atoms with Crippen molar-refractivity contribution in [1.82, 2.24) is 23.1 Å². The van der Waals surface area contributed by atoms with Crippen LogP contribution in [0.4, 0.5) is 0 Å². The van der Waals surface area contributed by atoms with E-state index in [1.54, 1.807) is 11.4 Å². The SMILES string of the molecule is CCOCCn1c(=O)c2c(nc3n(C)c(C)cn23)n(C)c1=O. The Labute approximate surface area is 126 Å². The van der Waals surface area contributed by atoms with E-state index in [9.17, 15) is 9.59 Å². The van der Waals surface area contributed by atoms with Crippen molar-refractivity contribution in [2.75, 3.05) is 13.2 Å². The molecule has 0 bridgehead atoms. The van der Waals surface area contributed by atoms with E-state index in [1.807, 2.05) is 31.7 Å². The van der Waals surface area contributed by atoms with E-state index in [-0.39, 0.29) is 17.8 Å². The summed E-state index contributed by atoms with van der Waals surface area (Å²) in [7, 11) is 3.50. The molecule has 0 saturated carbocycles. The van der Waals surface area contributed by atoms with Crippen molar-refractivity contribution in [2.24, 2.45) is 14.1 Å². The van der Waals surface area contributed by atoms with Crippen molar-refractivity contribution in [3.8, 4) is 0 Å². The summed E-state index contributed by atoms with van der Waals surface area (Å²) < 4.78 is 11.5. The Morgan fingerprint density at radius 2 is 1.95 bits per heavy atom. The summed E-state index contributed by atoms with van der Waals surface area (Å²) in [5.74, 6) is 0.641. The van der Waals surface area contributed by atoms with Gasteiger partial charge in [0.05, 0.1) is 13.2 Å². The molecule has 0 spiro atoms. The fraction of sp³-hybridized carbons (Fsp3) is 0.500. The summed E-state index contributed by atoms with van der Waals surface area (Å²) in [6.45, 7) is 4.92. The quantitative estimate of drug-likeness (QED) is 0.637. The van der Waals surface area contributed by atoms with Crippen LogP contribution < -0.4 is 11.2 Å².